The van der Waals surface area contributed by atoms with E-state index in [4.69, 9.17) is 0 Å². The molecule has 1 fully saturated rings. The van der Waals surface area contributed by atoms with E-state index in [0.29, 0.717) is 21.8 Å². The van der Waals surface area contributed by atoms with Crippen LogP contribution in [0.5, 0.6) is 0 Å². The van der Waals surface area contributed by atoms with Crippen LogP contribution in [0.4, 0.5) is 11.4 Å². The molecular weight excluding hydrogens is 687 g/mol. The lowest BCUT2D eigenvalue weighted by Gasteiger charge is -2.15. The number of amides is 4. The number of halogens is 1. The van der Waals surface area contributed by atoms with Crippen LogP contribution >= 0.6 is 34.4 Å². The number of carbonyl (C=O) groups is 4. The number of imide groups is 1. The molecule has 2 heterocycles. The van der Waals surface area contributed by atoms with Crippen molar-refractivity contribution in [1.29, 1.82) is 0 Å². The first-order chi connectivity index (χ1) is 21.4. The quantitative estimate of drug-likeness (QED) is 0.0954. The SMILES string of the molecule is O=C(Nc1cccc(S[C@@H]2CC(=O)N(c3ccc(I)cc3)C2=O)c1)/C(=C/c1c[nH]c2ccccc12)NC(=O)c1ccccc1. The second-order valence-corrected chi connectivity index (χ2v) is 12.5. The molecular formula is C34H25IN4O4S. The van der Waals surface area contributed by atoms with Gasteiger partial charge in [-0.05, 0) is 89.3 Å². The molecule has 5 aromatic rings. The third-order valence-corrected chi connectivity index (χ3v) is 8.91. The topological polar surface area (TPSA) is 111 Å². The predicted octanol–water partition coefficient (Wildman–Crippen LogP) is 6.61. The van der Waals surface area contributed by atoms with Gasteiger partial charge in [-0.25, -0.2) is 4.90 Å². The zero-order chi connectivity index (χ0) is 30.6. The summed E-state index contributed by atoms with van der Waals surface area (Å²) < 4.78 is 1.01. The Bertz CT molecular complexity index is 1920. The smallest absolute Gasteiger partial charge is 0.272 e. The third-order valence-electron chi connectivity index (χ3n) is 7.01. The number of anilines is 2. The number of carbonyl (C=O) groups excluding carboxylic acids is 4. The van der Waals surface area contributed by atoms with Gasteiger partial charge in [-0.2, -0.15) is 0 Å². The summed E-state index contributed by atoms with van der Waals surface area (Å²) in [6.45, 7) is 0. The summed E-state index contributed by atoms with van der Waals surface area (Å²) in [5.41, 5.74) is 3.15. The second kappa shape index (κ2) is 12.9. The van der Waals surface area contributed by atoms with E-state index in [1.54, 1.807) is 66.9 Å². The van der Waals surface area contributed by atoms with Crippen LogP contribution < -0.4 is 15.5 Å². The van der Waals surface area contributed by atoms with Crippen molar-refractivity contribution in [1.82, 2.24) is 10.3 Å². The average Bonchev–Trinajstić information content (AvgIpc) is 3.56. The molecule has 4 aromatic carbocycles. The number of para-hydroxylation sites is 1. The number of rotatable bonds is 8. The van der Waals surface area contributed by atoms with Gasteiger partial charge in [0.25, 0.3) is 11.8 Å². The highest BCUT2D eigenvalue weighted by Gasteiger charge is 2.40. The molecule has 3 N–H and O–H groups in total. The van der Waals surface area contributed by atoms with E-state index in [-0.39, 0.29) is 23.9 Å². The van der Waals surface area contributed by atoms with Gasteiger partial charge >= 0.3 is 0 Å². The second-order valence-electron chi connectivity index (χ2n) is 10.0. The number of aromatic amines is 1. The minimum atomic E-state index is -0.588. The van der Waals surface area contributed by atoms with Crippen LogP contribution in [0.1, 0.15) is 22.3 Å². The molecule has 1 aliphatic rings. The van der Waals surface area contributed by atoms with E-state index in [2.05, 4.69) is 38.2 Å². The van der Waals surface area contributed by atoms with Crippen molar-refractivity contribution in [3.8, 4) is 0 Å². The van der Waals surface area contributed by atoms with Gasteiger partial charge in [0.2, 0.25) is 11.8 Å². The van der Waals surface area contributed by atoms with Gasteiger partial charge in [0.05, 0.1) is 10.9 Å². The van der Waals surface area contributed by atoms with E-state index in [1.807, 2.05) is 48.5 Å². The van der Waals surface area contributed by atoms with E-state index in [1.165, 1.54) is 16.7 Å². The molecule has 0 spiro atoms. The highest BCUT2D eigenvalue weighted by atomic mass is 127. The summed E-state index contributed by atoms with van der Waals surface area (Å²) in [6.07, 6.45) is 3.49. The third kappa shape index (κ3) is 6.46. The van der Waals surface area contributed by atoms with E-state index >= 15 is 0 Å². The van der Waals surface area contributed by atoms with E-state index < -0.39 is 17.1 Å². The standard InChI is InChI=1S/C34H25IN4O4S/c35-23-13-15-25(16-14-23)39-31(40)19-30(34(39)43)44-26-10-6-9-24(18-26)37-33(42)29(38-32(41)21-7-2-1-3-8-21)17-22-20-36-28-12-5-4-11-27(22)28/h1-18,20,30,36H,19H2,(H,37,42)(H,38,41)/b29-17-/t30-/m1/s1. The van der Waals surface area contributed by atoms with Crippen molar-refractivity contribution in [3.05, 3.63) is 130 Å². The van der Waals surface area contributed by atoms with Crippen LogP contribution in [0.2, 0.25) is 0 Å². The summed E-state index contributed by atoms with van der Waals surface area (Å²) in [4.78, 5) is 57.7. The minimum Gasteiger partial charge on any atom is -0.361 e. The van der Waals surface area contributed by atoms with Crippen molar-refractivity contribution in [2.45, 2.75) is 16.6 Å². The van der Waals surface area contributed by atoms with Crippen molar-refractivity contribution >= 4 is 86.3 Å². The predicted molar refractivity (Wildman–Crippen MR) is 181 cm³/mol. The highest BCUT2D eigenvalue weighted by Crippen LogP contribution is 2.35. The highest BCUT2D eigenvalue weighted by molar-refractivity contribution is 14.1. The largest absolute Gasteiger partial charge is 0.361 e. The number of hydrogen-bond acceptors (Lipinski definition) is 5. The summed E-state index contributed by atoms with van der Waals surface area (Å²) in [5, 5.41) is 5.96. The molecule has 10 heteroatoms. The van der Waals surface area contributed by atoms with E-state index in [9.17, 15) is 19.2 Å². The molecule has 6 rings (SSSR count). The molecule has 0 saturated carbocycles. The lowest BCUT2D eigenvalue weighted by Crippen LogP contribution is -2.31. The Kier molecular flexibility index (Phi) is 8.62. The Morgan fingerprint density at radius 2 is 1.66 bits per heavy atom. The zero-order valence-electron chi connectivity index (χ0n) is 23.1. The number of thioether (sulfide) groups is 1. The maximum atomic E-state index is 13.6. The molecule has 44 heavy (non-hydrogen) atoms. The number of H-pyrrole nitrogens is 1. The molecule has 1 atom stereocenters. The average molecular weight is 713 g/mol. The van der Waals surface area contributed by atoms with Gasteiger partial charge < -0.3 is 15.6 Å². The van der Waals surface area contributed by atoms with Gasteiger partial charge in [0.1, 0.15) is 5.70 Å². The number of nitrogens with one attached hydrogen (secondary N) is 3. The summed E-state index contributed by atoms with van der Waals surface area (Å²) in [7, 11) is 0. The molecule has 0 bridgehead atoms. The van der Waals surface area contributed by atoms with Crippen molar-refractivity contribution < 1.29 is 19.2 Å². The van der Waals surface area contributed by atoms with Crippen LogP contribution in [0.25, 0.3) is 17.0 Å². The van der Waals surface area contributed by atoms with Crippen LogP contribution in [0.3, 0.4) is 0 Å². The monoisotopic (exact) mass is 712 g/mol. The van der Waals surface area contributed by atoms with Gasteiger partial charge in [-0.3, -0.25) is 19.2 Å². The fourth-order valence-corrected chi connectivity index (χ4v) is 6.35. The molecule has 218 valence electrons. The number of hydrogen-bond donors (Lipinski definition) is 3. The molecule has 4 amide bonds. The number of aromatic nitrogens is 1. The van der Waals surface area contributed by atoms with Gasteiger partial charge in [0.15, 0.2) is 0 Å². The molecule has 0 aliphatic carbocycles. The van der Waals surface area contributed by atoms with Gasteiger partial charge in [0, 0.05) is 48.8 Å². The Labute approximate surface area is 271 Å². The Morgan fingerprint density at radius 3 is 2.45 bits per heavy atom. The van der Waals surface area contributed by atoms with Gasteiger partial charge in [-0.15, -0.1) is 11.8 Å². The van der Waals surface area contributed by atoms with Crippen LogP contribution in [0, 0.1) is 3.57 Å². The van der Waals surface area contributed by atoms with Crippen LogP contribution in [0.15, 0.2) is 120 Å². The Balaban J connectivity index is 1.21. The number of nitrogens with zero attached hydrogens (tertiary/aromatic N) is 1. The summed E-state index contributed by atoms with van der Waals surface area (Å²) in [5.74, 6) is -1.46. The molecule has 0 radical (unpaired) electrons. The molecule has 1 saturated heterocycles. The first-order valence-electron chi connectivity index (χ1n) is 13.7. The molecule has 8 nitrogen and oxygen atoms in total. The van der Waals surface area contributed by atoms with Crippen molar-refractivity contribution in [2.75, 3.05) is 10.2 Å². The number of benzene rings is 4. The van der Waals surface area contributed by atoms with Crippen LogP contribution in [-0.2, 0) is 14.4 Å². The summed E-state index contributed by atoms with van der Waals surface area (Å²) >= 11 is 3.45. The van der Waals surface area contributed by atoms with Crippen LogP contribution in [-0.4, -0.2) is 33.9 Å². The normalized spacial score (nSPS) is 15.1. The summed E-state index contributed by atoms with van der Waals surface area (Å²) in [6, 6.07) is 30.6. The lowest BCUT2D eigenvalue weighted by atomic mass is 10.1. The zero-order valence-corrected chi connectivity index (χ0v) is 26.1. The Hall–Kier alpha value is -4.68. The first-order valence-corrected chi connectivity index (χ1v) is 15.7. The minimum absolute atomic E-state index is 0.0615. The van der Waals surface area contributed by atoms with Gasteiger partial charge in [-0.1, -0.05) is 42.5 Å². The fourth-order valence-electron chi connectivity index (χ4n) is 4.88. The molecule has 1 aliphatic heterocycles. The molecule has 0 unspecified atom stereocenters. The Morgan fingerprint density at radius 1 is 0.909 bits per heavy atom. The van der Waals surface area contributed by atoms with E-state index in [0.717, 1.165) is 20.0 Å². The maximum Gasteiger partial charge on any atom is 0.272 e. The lowest BCUT2D eigenvalue weighted by molar-refractivity contribution is -0.121. The first kappa shape index (κ1) is 29.4. The fraction of sp³-hybridized carbons (Fsp3) is 0.0588. The maximum absolute atomic E-state index is 13.6. The van der Waals surface area contributed by atoms with Crippen molar-refractivity contribution in [3.63, 3.8) is 0 Å². The molecule has 1 aromatic heterocycles. The van der Waals surface area contributed by atoms with Crippen molar-refractivity contribution in [2.24, 2.45) is 0 Å². The number of fused-ring (bicyclic) bond motifs is 1.